The number of carbonyl (C=O) groups is 1. The highest BCUT2D eigenvalue weighted by Crippen LogP contribution is 2.31. The fourth-order valence-corrected chi connectivity index (χ4v) is 3.86. The quantitative estimate of drug-likeness (QED) is 0.523. The van der Waals surface area contributed by atoms with E-state index >= 15 is 0 Å². The molecule has 0 saturated heterocycles. The maximum atomic E-state index is 12.1. The van der Waals surface area contributed by atoms with Crippen molar-refractivity contribution < 1.29 is 4.79 Å². The number of fused-ring (bicyclic) bond motifs is 1. The zero-order valence-electron chi connectivity index (χ0n) is 17.5. The van der Waals surface area contributed by atoms with Crippen molar-refractivity contribution in [2.24, 2.45) is 5.92 Å². The van der Waals surface area contributed by atoms with E-state index in [1.807, 2.05) is 48.1 Å². The first-order valence-electron chi connectivity index (χ1n) is 10.7. The van der Waals surface area contributed by atoms with Crippen molar-refractivity contribution in [2.45, 2.75) is 32.6 Å². The highest BCUT2D eigenvalue weighted by Gasteiger charge is 2.24. The van der Waals surface area contributed by atoms with Crippen LogP contribution in [-0.4, -0.2) is 37.0 Å². The van der Waals surface area contributed by atoms with Gasteiger partial charge >= 0.3 is 0 Å². The van der Waals surface area contributed by atoms with E-state index < -0.39 is 0 Å². The molecule has 4 aromatic heterocycles. The van der Waals surface area contributed by atoms with E-state index in [0.717, 1.165) is 58.7 Å². The molecule has 1 fully saturated rings. The Labute approximate surface area is 180 Å². The van der Waals surface area contributed by atoms with Gasteiger partial charge in [0, 0.05) is 66.6 Å². The molecule has 156 valence electrons. The second-order valence-electron chi connectivity index (χ2n) is 8.02. The van der Waals surface area contributed by atoms with Gasteiger partial charge in [0.2, 0.25) is 5.91 Å². The largest absolute Gasteiger partial charge is 0.355 e. The maximum absolute atomic E-state index is 12.1. The molecule has 7 nitrogen and oxygen atoms in total. The average Bonchev–Trinajstić information content (AvgIpc) is 3.16. The van der Waals surface area contributed by atoms with Crippen LogP contribution in [0.2, 0.25) is 0 Å². The number of aromatic nitrogens is 5. The Balaban J connectivity index is 1.50. The van der Waals surface area contributed by atoms with Crippen LogP contribution in [0.3, 0.4) is 0 Å². The average molecular weight is 412 g/mol. The lowest BCUT2D eigenvalue weighted by Gasteiger charge is -2.23. The van der Waals surface area contributed by atoms with Crippen LogP contribution < -0.4 is 5.32 Å². The summed E-state index contributed by atoms with van der Waals surface area (Å²) in [6.45, 7) is 2.55. The van der Waals surface area contributed by atoms with E-state index in [1.165, 1.54) is 0 Å². The van der Waals surface area contributed by atoms with Crippen molar-refractivity contribution in [1.29, 1.82) is 0 Å². The third kappa shape index (κ3) is 3.91. The Kier molecular flexibility index (Phi) is 5.16. The maximum Gasteiger partial charge on any atom is 0.223 e. The Bertz CT molecular complexity index is 1210. The molecule has 0 atom stereocenters. The highest BCUT2D eigenvalue weighted by atomic mass is 16.1. The molecule has 5 rings (SSSR count). The van der Waals surface area contributed by atoms with Crippen LogP contribution in [0.1, 0.15) is 30.7 Å². The monoisotopic (exact) mass is 412 g/mol. The van der Waals surface area contributed by atoms with Crippen LogP contribution in [-0.2, 0) is 11.2 Å². The first-order chi connectivity index (χ1) is 15.2. The van der Waals surface area contributed by atoms with E-state index in [4.69, 9.17) is 5.10 Å². The van der Waals surface area contributed by atoms with Crippen LogP contribution >= 0.6 is 0 Å². The van der Waals surface area contributed by atoms with Gasteiger partial charge in [0.25, 0.3) is 0 Å². The topological polar surface area (TPSA) is 85.1 Å². The summed E-state index contributed by atoms with van der Waals surface area (Å²) in [6.07, 6.45) is 11.1. The van der Waals surface area contributed by atoms with Gasteiger partial charge in [0.1, 0.15) is 0 Å². The van der Waals surface area contributed by atoms with Crippen molar-refractivity contribution in [3.8, 4) is 22.4 Å². The van der Waals surface area contributed by atoms with Gasteiger partial charge in [-0.15, -0.1) is 0 Å². The van der Waals surface area contributed by atoms with Gasteiger partial charge in [-0.25, -0.2) is 9.50 Å². The molecule has 31 heavy (non-hydrogen) atoms. The van der Waals surface area contributed by atoms with E-state index in [2.05, 4.69) is 26.3 Å². The predicted molar refractivity (Wildman–Crippen MR) is 118 cm³/mol. The van der Waals surface area contributed by atoms with Crippen molar-refractivity contribution in [3.05, 3.63) is 66.5 Å². The van der Waals surface area contributed by atoms with Gasteiger partial charge in [-0.1, -0.05) is 6.42 Å². The summed E-state index contributed by atoms with van der Waals surface area (Å²) >= 11 is 0. The number of carbonyl (C=O) groups excluding carboxylic acids is 1. The summed E-state index contributed by atoms with van der Waals surface area (Å²) in [4.78, 5) is 25.4. The molecular weight excluding hydrogens is 388 g/mol. The summed E-state index contributed by atoms with van der Waals surface area (Å²) in [7, 11) is 0. The lowest BCUT2D eigenvalue weighted by molar-refractivity contribution is -0.127. The van der Waals surface area contributed by atoms with Crippen molar-refractivity contribution in [1.82, 2.24) is 29.9 Å². The smallest absolute Gasteiger partial charge is 0.223 e. The standard InChI is InChI=1S/C24H24N6O/c1-16-5-6-19(14-27-16)23-21(17-7-10-25-11-8-17)15-28-22-13-20(29-30(22)23)9-12-26-24(31)18-3-2-4-18/h5-8,10-11,13-15,18H,2-4,9,12H2,1H3,(H,26,31). The van der Waals surface area contributed by atoms with Crippen molar-refractivity contribution >= 4 is 11.6 Å². The molecule has 0 bridgehead atoms. The number of hydrogen-bond donors (Lipinski definition) is 1. The summed E-state index contributed by atoms with van der Waals surface area (Å²) < 4.78 is 1.88. The van der Waals surface area contributed by atoms with Crippen molar-refractivity contribution in [3.63, 3.8) is 0 Å². The van der Waals surface area contributed by atoms with E-state index in [9.17, 15) is 4.79 Å². The summed E-state index contributed by atoms with van der Waals surface area (Å²) in [5.41, 5.74) is 6.52. The van der Waals surface area contributed by atoms with E-state index in [-0.39, 0.29) is 11.8 Å². The zero-order chi connectivity index (χ0) is 21.2. The molecular formula is C24H24N6O. The number of amides is 1. The molecule has 0 aliphatic heterocycles. The van der Waals surface area contributed by atoms with Crippen LogP contribution in [0, 0.1) is 12.8 Å². The van der Waals surface area contributed by atoms with Gasteiger partial charge in [-0.05, 0) is 49.6 Å². The van der Waals surface area contributed by atoms with Gasteiger partial charge in [-0.3, -0.25) is 14.8 Å². The molecule has 1 N–H and O–H groups in total. The summed E-state index contributed by atoms with van der Waals surface area (Å²) in [5, 5.41) is 7.87. The minimum Gasteiger partial charge on any atom is -0.355 e. The van der Waals surface area contributed by atoms with E-state index in [0.29, 0.717) is 13.0 Å². The predicted octanol–water partition coefficient (Wildman–Crippen LogP) is 3.62. The fraction of sp³-hybridized carbons (Fsp3) is 0.292. The number of nitrogens with one attached hydrogen (secondary N) is 1. The minimum absolute atomic E-state index is 0.166. The molecule has 0 aromatic carbocycles. The first kappa shape index (κ1) is 19.4. The van der Waals surface area contributed by atoms with E-state index in [1.54, 1.807) is 12.4 Å². The molecule has 1 amide bonds. The van der Waals surface area contributed by atoms with Gasteiger partial charge in [0.15, 0.2) is 5.65 Å². The number of nitrogens with zero attached hydrogens (tertiary/aromatic N) is 5. The zero-order valence-corrected chi connectivity index (χ0v) is 17.5. The van der Waals surface area contributed by atoms with Crippen molar-refractivity contribution in [2.75, 3.05) is 6.54 Å². The highest BCUT2D eigenvalue weighted by molar-refractivity contribution is 5.81. The van der Waals surface area contributed by atoms with Crippen LogP contribution in [0.5, 0.6) is 0 Å². The van der Waals surface area contributed by atoms with Crippen LogP contribution in [0.15, 0.2) is 55.1 Å². The summed E-state index contributed by atoms with van der Waals surface area (Å²) in [5.74, 6) is 0.367. The molecule has 0 radical (unpaired) electrons. The molecule has 0 spiro atoms. The number of aryl methyl sites for hydroxylation is 1. The number of hydrogen-bond acceptors (Lipinski definition) is 5. The molecule has 4 heterocycles. The Morgan fingerprint density at radius 3 is 2.65 bits per heavy atom. The second kappa shape index (κ2) is 8.26. The fourth-order valence-electron chi connectivity index (χ4n) is 3.86. The lowest BCUT2D eigenvalue weighted by atomic mass is 9.85. The summed E-state index contributed by atoms with van der Waals surface area (Å²) in [6, 6.07) is 9.97. The van der Waals surface area contributed by atoms with Crippen LogP contribution in [0.25, 0.3) is 28.0 Å². The molecule has 1 aliphatic carbocycles. The Morgan fingerprint density at radius 1 is 1.10 bits per heavy atom. The number of pyridine rings is 2. The third-order valence-corrected chi connectivity index (χ3v) is 5.87. The Hall–Kier alpha value is -3.61. The lowest BCUT2D eigenvalue weighted by Crippen LogP contribution is -2.35. The van der Waals surface area contributed by atoms with Crippen LogP contribution in [0.4, 0.5) is 0 Å². The SMILES string of the molecule is Cc1ccc(-c2c(-c3ccncc3)cnc3cc(CCNC(=O)C4CCC4)nn23)cn1. The number of rotatable bonds is 6. The van der Waals surface area contributed by atoms with Gasteiger partial charge in [-0.2, -0.15) is 5.10 Å². The molecule has 4 aromatic rings. The molecule has 1 aliphatic rings. The third-order valence-electron chi connectivity index (χ3n) is 5.87. The minimum atomic E-state index is 0.166. The van der Waals surface area contributed by atoms with Gasteiger partial charge in [0.05, 0.1) is 11.4 Å². The van der Waals surface area contributed by atoms with Gasteiger partial charge < -0.3 is 5.32 Å². The Morgan fingerprint density at radius 2 is 1.94 bits per heavy atom. The second-order valence-corrected chi connectivity index (χ2v) is 8.02. The normalized spacial score (nSPS) is 13.8. The molecule has 0 unspecified atom stereocenters. The molecule has 1 saturated carbocycles. The molecule has 7 heteroatoms. The first-order valence-corrected chi connectivity index (χ1v) is 10.7.